The van der Waals surface area contributed by atoms with Crippen molar-refractivity contribution in [3.8, 4) is 5.75 Å². The SMILES string of the molecule is Cc1ccc(O)c(C)c1NC(=O)CN1CCNCC1. The van der Waals surface area contributed by atoms with Gasteiger partial charge in [0.25, 0.3) is 0 Å². The maximum Gasteiger partial charge on any atom is 0.238 e. The van der Waals surface area contributed by atoms with Crippen molar-refractivity contribution in [1.82, 2.24) is 10.2 Å². The number of anilines is 1. The molecule has 1 fully saturated rings. The summed E-state index contributed by atoms with van der Waals surface area (Å²) in [4.78, 5) is 14.2. The molecule has 19 heavy (non-hydrogen) atoms. The molecule has 1 aromatic carbocycles. The first kappa shape index (κ1) is 13.8. The molecule has 0 bridgehead atoms. The largest absolute Gasteiger partial charge is 0.508 e. The highest BCUT2D eigenvalue weighted by Gasteiger charge is 2.15. The second-order valence-electron chi connectivity index (χ2n) is 4.98. The molecular formula is C14H21N3O2. The number of rotatable bonds is 3. The zero-order valence-corrected chi connectivity index (χ0v) is 11.5. The molecule has 3 N–H and O–H groups in total. The molecule has 0 unspecified atom stereocenters. The first-order chi connectivity index (χ1) is 9.08. The van der Waals surface area contributed by atoms with Gasteiger partial charge in [0, 0.05) is 31.7 Å². The Morgan fingerprint density at radius 1 is 1.37 bits per heavy atom. The van der Waals surface area contributed by atoms with Gasteiger partial charge in [-0.25, -0.2) is 0 Å². The van der Waals surface area contributed by atoms with Crippen LogP contribution >= 0.6 is 0 Å². The zero-order chi connectivity index (χ0) is 13.8. The molecule has 1 saturated heterocycles. The number of aryl methyl sites for hydroxylation is 1. The lowest BCUT2D eigenvalue weighted by molar-refractivity contribution is -0.117. The van der Waals surface area contributed by atoms with Crippen LogP contribution in [0.3, 0.4) is 0 Å². The van der Waals surface area contributed by atoms with Crippen LogP contribution in [0.2, 0.25) is 0 Å². The third-order valence-electron chi connectivity index (χ3n) is 3.49. The number of carbonyl (C=O) groups is 1. The third kappa shape index (κ3) is 3.45. The molecule has 1 aliphatic heterocycles. The van der Waals surface area contributed by atoms with Crippen LogP contribution in [0.4, 0.5) is 5.69 Å². The van der Waals surface area contributed by atoms with Gasteiger partial charge in [0.05, 0.1) is 12.2 Å². The minimum absolute atomic E-state index is 0.0290. The van der Waals surface area contributed by atoms with Crippen molar-refractivity contribution in [2.24, 2.45) is 0 Å². The standard InChI is InChI=1S/C14H21N3O2/c1-10-3-4-12(18)11(2)14(10)16-13(19)9-17-7-5-15-6-8-17/h3-4,15,18H,5-9H2,1-2H3,(H,16,19). The number of carbonyl (C=O) groups excluding carboxylic acids is 1. The Kier molecular flexibility index (Phi) is 4.39. The number of benzene rings is 1. The summed E-state index contributed by atoms with van der Waals surface area (Å²) in [6, 6.07) is 3.46. The fourth-order valence-electron chi connectivity index (χ4n) is 2.28. The van der Waals surface area contributed by atoms with Crippen molar-refractivity contribution in [2.45, 2.75) is 13.8 Å². The van der Waals surface area contributed by atoms with Gasteiger partial charge < -0.3 is 15.7 Å². The Balaban J connectivity index is 2.00. The Morgan fingerprint density at radius 2 is 2.05 bits per heavy atom. The Bertz CT molecular complexity index is 468. The number of aromatic hydroxyl groups is 1. The van der Waals surface area contributed by atoms with Crippen molar-refractivity contribution in [3.05, 3.63) is 23.3 Å². The molecule has 1 heterocycles. The van der Waals surface area contributed by atoms with Crippen molar-refractivity contribution in [3.63, 3.8) is 0 Å². The summed E-state index contributed by atoms with van der Waals surface area (Å²) < 4.78 is 0. The van der Waals surface area contributed by atoms with E-state index in [1.165, 1.54) is 0 Å². The summed E-state index contributed by atoms with van der Waals surface area (Å²) in [6.07, 6.45) is 0. The molecular weight excluding hydrogens is 242 g/mol. The lowest BCUT2D eigenvalue weighted by atomic mass is 10.1. The highest BCUT2D eigenvalue weighted by Crippen LogP contribution is 2.27. The van der Waals surface area contributed by atoms with Crippen LogP contribution in [-0.4, -0.2) is 48.6 Å². The summed E-state index contributed by atoms with van der Waals surface area (Å²) in [5, 5.41) is 15.9. The van der Waals surface area contributed by atoms with Crippen LogP contribution in [0, 0.1) is 13.8 Å². The normalized spacial score (nSPS) is 16.3. The number of nitrogens with one attached hydrogen (secondary N) is 2. The van der Waals surface area contributed by atoms with E-state index in [4.69, 9.17) is 0 Å². The molecule has 0 atom stereocenters. The van der Waals surface area contributed by atoms with Crippen molar-refractivity contribution in [2.75, 3.05) is 38.0 Å². The van der Waals surface area contributed by atoms with Crippen LogP contribution in [0.15, 0.2) is 12.1 Å². The number of phenolic OH excluding ortho intramolecular Hbond substituents is 1. The lowest BCUT2D eigenvalue weighted by Gasteiger charge is -2.26. The first-order valence-corrected chi connectivity index (χ1v) is 6.60. The quantitative estimate of drug-likeness (QED) is 0.756. The van der Waals surface area contributed by atoms with Crippen molar-refractivity contribution < 1.29 is 9.90 Å². The van der Waals surface area contributed by atoms with Gasteiger partial charge in [-0.05, 0) is 25.5 Å². The number of phenols is 1. The minimum atomic E-state index is -0.0290. The Hall–Kier alpha value is -1.59. The Labute approximate surface area is 113 Å². The van der Waals surface area contributed by atoms with E-state index in [2.05, 4.69) is 15.5 Å². The second kappa shape index (κ2) is 6.04. The molecule has 1 amide bonds. The minimum Gasteiger partial charge on any atom is -0.508 e. The highest BCUT2D eigenvalue weighted by atomic mass is 16.3. The predicted octanol–water partition coefficient (Wildman–Crippen LogP) is 0.853. The van der Waals surface area contributed by atoms with Gasteiger partial charge in [0.1, 0.15) is 5.75 Å². The molecule has 0 radical (unpaired) electrons. The van der Waals surface area contributed by atoms with Crippen LogP contribution < -0.4 is 10.6 Å². The summed E-state index contributed by atoms with van der Waals surface area (Å²) in [7, 11) is 0. The second-order valence-corrected chi connectivity index (χ2v) is 4.98. The molecule has 1 aliphatic rings. The van der Waals surface area contributed by atoms with Crippen LogP contribution in [0.1, 0.15) is 11.1 Å². The van der Waals surface area contributed by atoms with Gasteiger partial charge in [-0.1, -0.05) is 6.07 Å². The summed E-state index contributed by atoms with van der Waals surface area (Å²) in [5.41, 5.74) is 2.40. The molecule has 0 aromatic heterocycles. The summed E-state index contributed by atoms with van der Waals surface area (Å²) in [5.74, 6) is 0.182. The van der Waals surface area contributed by atoms with Gasteiger partial charge in [0.2, 0.25) is 5.91 Å². The average molecular weight is 263 g/mol. The molecule has 5 heteroatoms. The van der Waals surface area contributed by atoms with Gasteiger partial charge >= 0.3 is 0 Å². The smallest absolute Gasteiger partial charge is 0.238 e. The van der Waals surface area contributed by atoms with Crippen molar-refractivity contribution >= 4 is 11.6 Å². The Morgan fingerprint density at radius 3 is 2.74 bits per heavy atom. The summed E-state index contributed by atoms with van der Waals surface area (Å²) in [6.45, 7) is 7.78. The van der Waals surface area contributed by atoms with E-state index in [1.54, 1.807) is 6.07 Å². The van der Waals surface area contributed by atoms with E-state index in [9.17, 15) is 9.90 Å². The third-order valence-corrected chi connectivity index (χ3v) is 3.49. The van der Waals surface area contributed by atoms with E-state index in [0.29, 0.717) is 12.1 Å². The lowest BCUT2D eigenvalue weighted by Crippen LogP contribution is -2.46. The zero-order valence-electron chi connectivity index (χ0n) is 11.5. The number of hydrogen-bond acceptors (Lipinski definition) is 4. The number of nitrogens with zero attached hydrogens (tertiary/aromatic N) is 1. The highest BCUT2D eigenvalue weighted by molar-refractivity contribution is 5.94. The molecule has 0 saturated carbocycles. The number of amides is 1. The predicted molar refractivity (Wildman–Crippen MR) is 75.5 cm³/mol. The van der Waals surface area contributed by atoms with E-state index >= 15 is 0 Å². The van der Waals surface area contributed by atoms with Gasteiger partial charge in [-0.3, -0.25) is 9.69 Å². The van der Waals surface area contributed by atoms with Crippen LogP contribution in [-0.2, 0) is 4.79 Å². The topological polar surface area (TPSA) is 64.6 Å². The van der Waals surface area contributed by atoms with Gasteiger partial charge in [0.15, 0.2) is 0 Å². The maximum atomic E-state index is 12.0. The van der Waals surface area contributed by atoms with Gasteiger partial charge in [-0.2, -0.15) is 0 Å². The van der Waals surface area contributed by atoms with E-state index in [0.717, 1.165) is 37.4 Å². The monoisotopic (exact) mass is 263 g/mol. The fraction of sp³-hybridized carbons (Fsp3) is 0.500. The molecule has 1 aromatic rings. The van der Waals surface area contributed by atoms with Crippen LogP contribution in [0.25, 0.3) is 0 Å². The number of hydrogen-bond donors (Lipinski definition) is 3. The molecule has 0 aliphatic carbocycles. The molecule has 0 spiro atoms. The maximum absolute atomic E-state index is 12.0. The number of piperazine rings is 1. The first-order valence-electron chi connectivity index (χ1n) is 6.60. The van der Waals surface area contributed by atoms with Crippen molar-refractivity contribution in [1.29, 1.82) is 0 Å². The molecule has 5 nitrogen and oxygen atoms in total. The molecule has 104 valence electrons. The summed E-state index contributed by atoms with van der Waals surface area (Å²) >= 11 is 0. The van der Waals surface area contributed by atoms with Gasteiger partial charge in [-0.15, -0.1) is 0 Å². The van der Waals surface area contributed by atoms with E-state index in [-0.39, 0.29) is 11.7 Å². The fourth-order valence-corrected chi connectivity index (χ4v) is 2.28. The van der Waals surface area contributed by atoms with E-state index in [1.807, 2.05) is 19.9 Å². The van der Waals surface area contributed by atoms with Crippen LogP contribution in [0.5, 0.6) is 5.75 Å². The van der Waals surface area contributed by atoms with E-state index < -0.39 is 0 Å². The molecule has 2 rings (SSSR count). The average Bonchev–Trinajstić information content (AvgIpc) is 2.40.